The molecule has 4 nitrogen and oxygen atoms in total. The van der Waals surface area contributed by atoms with Crippen molar-refractivity contribution >= 4 is 0 Å². The second-order valence-corrected chi connectivity index (χ2v) is 4.20. The molecule has 0 aromatic carbocycles. The number of hydrogen-bond acceptors (Lipinski definition) is 3. The molecule has 2 rings (SSSR count). The Labute approximate surface area is 83.9 Å². The lowest BCUT2D eigenvalue weighted by Gasteiger charge is -2.13. The van der Waals surface area contributed by atoms with Crippen LogP contribution in [0, 0.1) is 0 Å². The van der Waals surface area contributed by atoms with E-state index < -0.39 is 0 Å². The molecule has 1 unspecified atom stereocenters. The molecule has 0 bridgehead atoms. The lowest BCUT2D eigenvalue weighted by atomic mass is 10.1. The smallest absolute Gasteiger partial charge is 0.0914 e. The second-order valence-electron chi connectivity index (χ2n) is 4.20. The third-order valence-electron chi connectivity index (χ3n) is 2.78. The van der Waals surface area contributed by atoms with Gasteiger partial charge in [0, 0.05) is 19.3 Å². The molecular formula is C10H17N3O. The Morgan fingerprint density at radius 3 is 2.86 bits per heavy atom. The molecule has 2 N–H and O–H groups in total. The van der Waals surface area contributed by atoms with Crippen molar-refractivity contribution in [3.8, 4) is 0 Å². The van der Waals surface area contributed by atoms with Crippen LogP contribution in [-0.2, 0) is 0 Å². The summed E-state index contributed by atoms with van der Waals surface area (Å²) in [5.74, 6) is 0.496. The number of aliphatic hydroxyl groups is 1. The zero-order chi connectivity index (χ0) is 10.1. The highest BCUT2D eigenvalue weighted by Gasteiger charge is 2.27. The van der Waals surface area contributed by atoms with Gasteiger partial charge in [0.05, 0.1) is 18.3 Å². The first-order chi connectivity index (χ1) is 6.68. The maximum atomic E-state index is 9.67. The summed E-state index contributed by atoms with van der Waals surface area (Å²) >= 11 is 0. The predicted molar refractivity (Wildman–Crippen MR) is 54.2 cm³/mol. The average molecular weight is 195 g/mol. The summed E-state index contributed by atoms with van der Waals surface area (Å²) in [5.41, 5.74) is 1.23. The Hall–Kier alpha value is -0.870. The van der Waals surface area contributed by atoms with E-state index in [0.29, 0.717) is 12.5 Å². The van der Waals surface area contributed by atoms with E-state index in [0.717, 1.165) is 6.54 Å². The van der Waals surface area contributed by atoms with Crippen molar-refractivity contribution in [1.29, 1.82) is 0 Å². The summed E-state index contributed by atoms with van der Waals surface area (Å²) in [6, 6.07) is 0.0995. The molecule has 0 saturated carbocycles. The largest absolute Gasteiger partial charge is 0.390 e. The molecule has 1 aromatic heterocycles. The number of hydrogen-bond donors (Lipinski definition) is 2. The van der Waals surface area contributed by atoms with Gasteiger partial charge in [0.1, 0.15) is 0 Å². The van der Waals surface area contributed by atoms with Crippen molar-refractivity contribution in [2.24, 2.45) is 0 Å². The van der Waals surface area contributed by atoms with E-state index in [1.54, 1.807) is 0 Å². The first-order valence-corrected chi connectivity index (χ1v) is 5.11. The van der Waals surface area contributed by atoms with Crippen LogP contribution in [0.2, 0.25) is 0 Å². The maximum Gasteiger partial charge on any atom is 0.0914 e. The van der Waals surface area contributed by atoms with Crippen LogP contribution in [0.1, 0.15) is 31.4 Å². The van der Waals surface area contributed by atoms with Gasteiger partial charge in [-0.3, -0.25) is 4.68 Å². The van der Waals surface area contributed by atoms with Gasteiger partial charge in [-0.1, -0.05) is 13.8 Å². The van der Waals surface area contributed by atoms with Crippen molar-refractivity contribution in [3.63, 3.8) is 0 Å². The Balaban J connectivity index is 2.16. The first kappa shape index (κ1) is 9.68. The molecule has 2 atom stereocenters. The van der Waals surface area contributed by atoms with Gasteiger partial charge in [-0.05, 0) is 11.5 Å². The van der Waals surface area contributed by atoms with Gasteiger partial charge in [0.15, 0.2) is 0 Å². The molecule has 0 radical (unpaired) electrons. The van der Waals surface area contributed by atoms with Crippen LogP contribution in [0.25, 0.3) is 0 Å². The molecule has 1 aromatic rings. The predicted octanol–water partition coefficient (Wildman–Crippen LogP) is 0.512. The van der Waals surface area contributed by atoms with Crippen molar-refractivity contribution in [2.45, 2.75) is 31.9 Å². The molecule has 0 aliphatic carbocycles. The summed E-state index contributed by atoms with van der Waals surface area (Å²) in [6.45, 7) is 5.76. The molecule has 1 saturated heterocycles. The molecule has 0 spiro atoms. The SMILES string of the molecule is CC(C)c1cnn(C2CNC[C@H]2O)c1. The molecule has 2 heterocycles. The Morgan fingerprint density at radius 1 is 1.57 bits per heavy atom. The van der Waals surface area contributed by atoms with Gasteiger partial charge in [-0.2, -0.15) is 5.10 Å². The number of nitrogens with zero attached hydrogens (tertiary/aromatic N) is 2. The normalized spacial score (nSPS) is 27.4. The van der Waals surface area contributed by atoms with Gasteiger partial charge in [0.2, 0.25) is 0 Å². The third kappa shape index (κ3) is 1.67. The van der Waals surface area contributed by atoms with Crippen molar-refractivity contribution in [3.05, 3.63) is 18.0 Å². The summed E-state index contributed by atoms with van der Waals surface area (Å²) in [4.78, 5) is 0. The molecule has 1 fully saturated rings. The van der Waals surface area contributed by atoms with E-state index in [2.05, 4.69) is 24.3 Å². The summed E-state index contributed by atoms with van der Waals surface area (Å²) in [5, 5.41) is 17.1. The van der Waals surface area contributed by atoms with E-state index in [1.807, 2.05) is 17.1 Å². The van der Waals surface area contributed by atoms with Crippen LogP contribution in [0.3, 0.4) is 0 Å². The minimum absolute atomic E-state index is 0.0995. The lowest BCUT2D eigenvalue weighted by Crippen LogP contribution is -2.22. The van der Waals surface area contributed by atoms with Gasteiger partial charge in [-0.15, -0.1) is 0 Å². The van der Waals surface area contributed by atoms with E-state index in [1.165, 1.54) is 5.56 Å². The average Bonchev–Trinajstić information content (AvgIpc) is 2.71. The number of aromatic nitrogens is 2. The van der Waals surface area contributed by atoms with Gasteiger partial charge in [-0.25, -0.2) is 0 Å². The molecule has 78 valence electrons. The minimum atomic E-state index is -0.310. The molecule has 0 amide bonds. The van der Waals surface area contributed by atoms with Crippen LogP contribution in [0.15, 0.2) is 12.4 Å². The fraction of sp³-hybridized carbons (Fsp3) is 0.700. The lowest BCUT2D eigenvalue weighted by molar-refractivity contribution is 0.145. The minimum Gasteiger partial charge on any atom is -0.390 e. The Morgan fingerprint density at radius 2 is 2.36 bits per heavy atom. The van der Waals surface area contributed by atoms with Gasteiger partial charge < -0.3 is 10.4 Å². The number of nitrogens with one attached hydrogen (secondary N) is 1. The van der Waals surface area contributed by atoms with Crippen LogP contribution in [-0.4, -0.2) is 34.1 Å². The van der Waals surface area contributed by atoms with Crippen molar-refractivity contribution in [2.75, 3.05) is 13.1 Å². The second kappa shape index (κ2) is 3.71. The Bertz CT molecular complexity index is 308. The zero-order valence-electron chi connectivity index (χ0n) is 8.64. The molecule has 1 aliphatic heterocycles. The highest BCUT2D eigenvalue weighted by molar-refractivity contribution is 5.10. The third-order valence-corrected chi connectivity index (χ3v) is 2.78. The zero-order valence-corrected chi connectivity index (χ0v) is 8.64. The number of rotatable bonds is 2. The summed E-state index contributed by atoms with van der Waals surface area (Å²) < 4.78 is 1.88. The van der Waals surface area contributed by atoms with E-state index >= 15 is 0 Å². The van der Waals surface area contributed by atoms with Crippen LogP contribution in [0.5, 0.6) is 0 Å². The standard InChI is InChI=1S/C10H17N3O/c1-7(2)8-3-12-13(6-8)9-4-11-5-10(9)14/h3,6-7,9-11,14H,4-5H2,1-2H3/t9?,10-/m1/s1. The molecule has 1 aliphatic rings. The molecular weight excluding hydrogens is 178 g/mol. The van der Waals surface area contributed by atoms with Crippen LogP contribution >= 0.6 is 0 Å². The van der Waals surface area contributed by atoms with E-state index in [9.17, 15) is 5.11 Å². The molecule has 4 heteroatoms. The van der Waals surface area contributed by atoms with Crippen molar-refractivity contribution < 1.29 is 5.11 Å². The highest BCUT2D eigenvalue weighted by Crippen LogP contribution is 2.18. The summed E-state index contributed by atoms with van der Waals surface area (Å²) in [6.07, 6.45) is 3.61. The number of β-amino-alcohol motifs (C(OH)–C–C–N with tert-alkyl or cyclic N) is 1. The molecule has 14 heavy (non-hydrogen) atoms. The quantitative estimate of drug-likeness (QED) is 0.723. The number of aliphatic hydroxyl groups excluding tert-OH is 1. The fourth-order valence-electron chi connectivity index (χ4n) is 1.75. The van der Waals surface area contributed by atoms with Crippen molar-refractivity contribution in [1.82, 2.24) is 15.1 Å². The van der Waals surface area contributed by atoms with Gasteiger partial charge in [0.25, 0.3) is 0 Å². The van der Waals surface area contributed by atoms with E-state index in [-0.39, 0.29) is 12.1 Å². The van der Waals surface area contributed by atoms with Crippen LogP contribution < -0.4 is 5.32 Å². The van der Waals surface area contributed by atoms with E-state index in [4.69, 9.17) is 0 Å². The summed E-state index contributed by atoms with van der Waals surface area (Å²) in [7, 11) is 0. The fourth-order valence-corrected chi connectivity index (χ4v) is 1.75. The van der Waals surface area contributed by atoms with Crippen LogP contribution in [0.4, 0.5) is 0 Å². The Kier molecular flexibility index (Phi) is 2.56. The van der Waals surface area contributed by atoms with Gasteiger partial charge >= 0.3 is 0 Å². The highest BCUT2D eigenvalue weighted by atomic mass is 16.3. The maximum absolute atomic E-state index is 9.67. The monoisotopic (exact) mass is 195 g/mol. The topological polar surface area (TPSA) is 50.1 Å². The first-order valence-electron chi connectivity index (χ1n) is 5.11.